The Hall–Kier alpha value is -4.03. The molecule has 1 saturated heterocycles. The van der Waals surface area contributed by atoms with Crippen molar-refractivity contribution in [2.24, 2.45) is 0 Å². The first-order valence-corrected chi connectivity index (χ1v) is 10.6. The van der Waals surface area contributed by atoms with Crippen molar-refractivity contribution in [3.63, 3.8) is 0 Å². The second-order valence-electron chi connectivity index (χ2n) is 7.94. The van der Waals surface area contributed by atoms with E-state index in [1.807, 2.05) is 13.1 Å². The van der Waals surface area contributed by atoms with Crippen LogP contribution in [0.25, 0.3) is 0 Å². The van der Waals surface area contributed by atoms with Gasteiger partial charge in [0.15, 0.2) is 11.6 Å². The number of aromatic nitrogens is 1. The second-order valence-corrected chi connectivity index (χ2v) is 7.94. The zero-order valence-electron chi connectivity index (χ0n) is 18.7. The topological polar surface area (TPSA) is 78.7 Å². The number of nitriles is 1. The van der Waals surface area contributed by atoms with Gasteiger partial charge >= 0.3 is 0 Å². The smallest absolute Gasteiger partial charge is 0.259 e. The van der Waals surface area contributed by atoms with E-state index in [1.165, 1.54) is 25.1 Å². The Labute approximate surface area is 195 Å². The highest BCUT2D eigenvalue weighted by Crippen LogP contribution is 2.33. The third-order valence-corrected chi connectivity index (χ3v) is 5.50. The summed E-state index contributed by atoms with van der Waals surface area (Å²) in [4.78, 5) is 20.6. The highest BCUT2D eigenvalue weighted by molar-refractivity contribution is 5.94. The summed E-state index contributed by atoms with van der Waals surface area (Å²) in [6, 6.07) is 14.4. The first-order chi connectivity index (χ1) is 16.4. The number of carbonyl (C=O) groups excluding carboxylic acids is 1. The molecule has 0 saturated carbocycles. The van der Waals surface area contributed by atoms with E-state index in [0.29, 0.717) is 24.2 Å². The van der Waals surface area contributed by atoms with E-state index in [-0.39, 0.29) is 23.0 Å². The van der Waals surface area contributed by atoms with Gasteiger partial charge in [0.1, 0.15) is 11.5 Å². The van der Waals surface area contributed by atoms with Crippen LogP contribution in [0.1, 0.15) is 21.5 Å². The van der Waals surface area contributed by atoms with Gasteiger partial charge in [0, 0.05) is 37.3 Å². The van der Waals surface area contributed by atoms with Crippen LogP contribution in [0.2, 0.25) is 0 Å². The van der Waals surface area contributed by atoms with Crippen molar-refractivity contribution in [1.82, 2.24) is 14.8 Å². The van der Waals surface area contributed by atoms with Crippen molar-refractivity contribution in [2.45, 2.75) is 6.92 Å². The van der Waals surface area contributed by atoms with Crippen LogP contribution >= 0.6 is 0 Å². The lowest BCUT2D eigenvalue weighted by Crippen LogP contribution is -2.47. The summed E-state index contributed by atoms with van der Waals surface area (Å²) in [6.45, 7) is 4.03. The number of benzene rings is 2. The highest BCUT2D eigenvalue weighted by Gasteiger charge is 2.23. The minimum atomic E-state index is -0.980. The zero-order chi connectivity index (χ0) is 24.2. The Morgan fingerprint density at radius 3 is 2.18 bits per heavy atom. The number of carbonyl (C=O) groups is 1. The fourth-order valence-electron chi connectivity index (χ4n) is 3.48. The molecule has 9 heteroatoms. The Bertz CT molecular complexity index is 1270. The Kier molecular flexibility index (Phi) is 6.70. The van der Waals surface area contributed by atoms with E-state index in [2.05, 4.69) is 9.88 Å². The fourth-order valence-corrected chi connectivity index (χ4v) is 3.48. The molecule has 0 radical (unpaired) electrons. The normalized spacial score (nSPS) is 13.9. The van der Waals surface area contributed by atoms with Crippen molar-refractivity contribution in [3.05, 3.63) is 76.9 Å². The van der Waals surface area contributed by atoms with Crippen LogP contribution in [-0.4, -0.2) is 53.9 Å². The molecule has 0 aliphatic carbocycles. The van der Waals surface area contributed by atoms with Crippen LogP contribution in [0.15, 0.2) is 48.5 Å². The molecule has 3 aromatic rings. The summed E-state index contributed by atoms with van der Waals surface area (Å²) in [5, 5.41) is 9.03. The molecule has 1 fully saturated rings. The van der Waals surface area contributed by atoms with Gasteiger partial charge in [-0.1, -0.05) is 12.1 Å². The van der Waals surface area contributed by atoms with E-state index in [9.17, 15) is 13.6 Å². The Morgan fingerprint density at radius 2 is 1.56 bits per heavy atom. The van der Waals surface area contributed by atoms with E-state index in [1.54, 1.807) is 35.2 Å². The van der Waals surface area contributed by atoms with Crippen LogP contribution < -0.4 is 9.47 Å². The number of nitrogens with zero attached hydrogens (tertiary/aromatic N) is 4. The van der Waals surface area contributed by atoms with Crippen molar-refractivity contribution < 1.29 is 23.0 Å². The summed E-state index contributed by atoms with van der Waals surface area (Å²) < 4.78 is 40.5. The maximum atomic E-state index is 14.8. The SMILES string of the molecule is Cc1c(F)c(Oc2cccc(C#N)c2)nc(Oc2cccc(C(=O)N3CCN(C)CC3)c2)c1F. The van der Waals surface area contributed by atoms with Gasteiger partial charge in [-0.2, -0.15) is 10.2 Å². The van der Waals surface area contributed by atoms with E-state index in [0.717, 1.165) is 13.1 Å². The van der Waals surface area contributed by atoms with Crippen LogP contribution in [0, 0.1) is 29.9 Å². The first-order valence-electron chi connectivity index (χ1n) is 10.6. The molecule has 4 rings (SSSR count). The average Bonchev–Trinajstić information content (AvgIpc) is 2.86. The molecule has 174 valence electrons. The van der Waals surface area contributed by atoms with Crippen molar-refractivity contribution in [3.8, 4) is 29.3 Å². The number of rotatable bonds is 5. The molecule has 2 aromatic carbocycles. The Balaban J connectivity index is 1.58. The molecule has 0 unspecified atom stereocenters. The van der Waals surface area contributed by atoms with Gasteiger partial charge in [0.2, 0.25) is 0 Å². The molecule has 1 aliphatic rings. The van der Waals surface area contributed by atoms with Gasteiger partial charge in [0.05, 0.1) is 11.6 Å². The summed E-state index contributed by atoms with van der Waals surface area (Å²) in [6.07, 6.45) is 0. The second kappa shape index (κ2) is 9.85. The molecule has 1 amide bonds. The Morgan fingerprint density at radius 1 is 0.971 bits per heavy atom. The lowest BCUT2D eigenvalue weighted by molar-refractivity contribution is 0.0663. The average molecular weight is 464 g/mol. The quantitative estimate of drug-likeness (QED) is 0.553. The van der Waals surface area contributed by atoms with Gasteiger partial charge in [-0.25, -0.2) is 8.78 Å². The number of ether oxygens (including phenoxy) is 2. The summed E-state index contributed by atoms with van der Waals surface area (Å²) in [5.74, 6) is -2.75. The molecule has 0 N–H and O–H groups in total. The predicted molar refractivity (Wildman–Crippen MR) is 120 cm³/mol. The number of halogens is 2. The molecule has 0 bridgehead atoms. The predicted octanol–water partition coefficient (Wildman–Crippen LogP) is 4.51. The molecule has 0 atom stereocenters. The van der Waals surface area contributed by atoms with E-state index in [4.69, 9.17) is 14.7 Å². The van der Waals surface area contributed by atoms with E-state index >= 15 is 0 Å². The van der Waals surface area contributed by atoms with Gasteiger partial charge in [0.25, 0.3) is 17.7 Å². The zero-order valence-corrected chi connectivity index (χ0v) is 18.7. The summed E-state index contributed by atoms with van der Waals surface area (Å²) in [7, 11) is 2.00. The maximum absolute atomic E-state index is 14.8. The molecule has 2 heterocycles. The molecule has 34 heavy (non-hydrogen) atoms. The first kappa shape index (κ1) is 23.1. The standard InChI is InChI=1S/C25H22F2N4O3/c1-16-21(26)23(33-19-7-3-5-17(13-19)15-28)29-24(22(16)27)34-20-8-4-6-18(14-20)25(32)31-11-9-30(2)10-12-31/h3-8,13-14H,9-12H2,1-2H3. The number of hydrogen-bond acceptors (Lipinski definition) is 6. The highest BCUT2D eigenvalue weighted by atomic mass is 19.1. The number of hydrogen-bond donors (Lipinski definition) is 0. The lowest BCUT2D eigenvalue weighted by atomic mass is 10.1. The van der Waals surface area contributed by atoms with Crippen LogP contribution in [-0.2, 0) is 0 Å². The van der Waals surface area contributed by atoms with Crippen molar-refractivity contribution in [2.75, 3.05) is 33.2 Å². The number of pyridine rings is 1. The lowest BCUT2D eigenvalue weighted by Gasteiger charge is -2.32. The van der Waals surface area contributed by atoms with E-state index < -0.39 is 23.4 Å². The number of amides is 1. The maximum Gasteiger partial charge on any atom is 0.259 e. The molecule has 1 aromatic heterocycles. The van der Waals surface area contributed by atoms with Crippen LogP contribution in [0.3, 0.4) is 0 Å². The van der Waals surface area contributed by atoms with Crippen LogP contribution in [0.5, 0.6) is 23.3 Å². The van der Waals surface area contributed by atoms with Gasteiger partial charge < -0.3 is 19.3 Å². The minimum absolute atomic E-state index is 0.149. The van der Waals surface area contributed by atoms with Gasteiger partial charge in [-0.05, 0) is 50.4 Å². The number of likely N-dealkylation sites (N-methyl/N-ethyl adjacent to an activating group) is 1. The van der Waals surface area contributed by atoms with Crippen molar-refractivity contribution >= 4 is 5.91 Å². The summed E-state index contributed by atoms with van der Waals surface area (Å²) >= 11 is 0. The third kappa shape index (κ3) is 4.97. The molecule has 7 nitrogen and oxygen atoms in total. The van der Waals surface area contributed by atoms with Gasteiger partial charge in [-0.15, -0.1) is 0 Å². The fraction of sp³-hybridized carbons (Fsp3) is 0.240. The largest absolute Gasteiger partial charge is 0.436 e. The molecule has 1 aliphatic heterocycles. The molecular weight excluding hydrogens is 442 g/mol. The minimum Gasteiger partial charge on any atom is -0.436 e. The van der Waals surface area contributed by atoms with Crippen LogP contribution in [0.4, 0.5) is 8.78 Å². The van der Waals surface area contributed by atoms with Crippen molar-refractivity contribution in [1.29, 1.82) is 5.26 Å². The monoisotopic (exact) mass is 464 g/mol. The van der Waals surface area contributed by atoms with Gasteiger partial charge in [-0.3, -0.25) is 4.79 Å². The number of piperazine rings is 1. The summed E-state index contributed by atoms with van der Waals surface area (Å²) in [5.41, 5.74) is 0.377. The third-order valence-electron chi connectivity index (χ3n) is 5.50. The molecule has 0 spiro atoms. The molecular formula is C25H22F2N4O3.